The van der Waals surface area contributed by atoms with Crippen LogP contribution in [0.4, 0.5) is 0 Å². The Morgan fingerprint density at radius 1 is 1.07 bits per heavy atom. The molecule has 14 heavy (non-hydrogen) atoms. The summed E-state index contributed by atoms with van der Waals surface area (Å²) in [5.41, 5.74) is 1.37. The molecule has 0 bridgehead atoms. The van der Waals surface area contributed by atoms with Gasteiger partial charge in [-0.1, -0.05) is 30.4 Å². The van der Waals surface area contributed by atoms with E-state index >= 15 is 0 Å². The van der Waals surface area contributed by atoms with Crippen molar-refractivity contribution < 1.29 is 4.74 Å². The summed E-state index contributed by atoms with van der Waals surface area (Å²) in [5.74, 6) is 0.912. The molecule has 0 spiro atoms. The van der Waals surface area contributed by atoms with E-state index in [9.17, 15) is 0 Å². The SMILES string of the molecule is C1=CC/C(=C/Oc2ccccc2)CC1. The fraction of sp³-hybridized carbons (Fsp3) is 0.231. The standard InChI is InChI=1S/C13H14O/c1-3-7-12(8-4-1)11-14-13-9-5-2-6-10-13/h1-3,5-6,9-11H,4,7-8H2/b12-11-. The molecule has 0 heterocycles. The minimum atomic E-state index is 0.912. The molecule has 0 amide bonds. The van der Waals surface area contributed by atoms with Crippen molar-refractivity contribution in [3.05, 3.63) is 54.3 Å². The highest BCUT2D eigenvalue weighted by atomic mass is 16.5. The van der Waals surface area contributed by atoms with Crippen molar-refractivity contribution in [3.8, 4) is 5.75 Å². The molecule has 0 saturated heterocycles. The molecular weight excluding hydrogens is 172 g/mol. The van der Waals surface area contributed by atoms with Crippen molar-refractivity contribution in [2.75, 3.05) is 0 Å². The van der Waals surface area contributed by atoms with E-state index in [1.54, 1.807) is 0 Å². The summed E-state index contributed by atoms with van der Waals surface area (Å²) in [6.07, 6.45) is 9.61. The first kappa shape index (κ1) is 9.07. The van der Waals surface area contributed by atoms with Crippen LogP contribution < -0.4 is 4.74 Å². The average Bonchev–Trinajstić information content (AvgIpc) is 2.29. The van der Waals surface area contributed by atoms with Crippen LogP contribution in [0.1, 0.15) is 19.3 Å². The average molecular weight is 186 g/mol. The maximum absolute atomic E-state index is 5.55. The van der Waals surface area contributed by atoms with Gasteiger partial charge in [0.2, 0.25) is 0 Å². The van der Waals surface area contributed by atoms with Gasteiger partial charge in [0.25, 0.3) is 0 Å². The lowest BCUT2D eigenvalue weighted by Crippen LogP contribution is -1.91. The summed E-state index contributed by atoms with van der Waals surface area (Å²) in [6, 6.07) is 9.89. The number of hydrogen-bond donors (Lipinski definition) is 0. The number of rotatable bonds is 2. The third-order valence-corrected chi connectivity index (χ3v) is 2.28. The summed E-state index contributed by atoms with van der Waals surface area (Å²) in [4.78, 5) is 0. The molecule has 1 aliphatic rings. The van der Waals surface area contributed by atoms with E-state index < -0.39 is 0 Å². The molecule has 0 saturated carbocycles. The Bertz CT molecular complexity index is 336. The first-order valence-corrected chi connectivity index (χ1v) is 5.00. The number of benzene rings is 1. The van der Waals surface area contributed by atoms with Crippen LogP contribution in [0.15, 0.2) is 54.3 Å². The van der Waals surface area contributed by atoms with Gasteiger partial charge >= 0.3 is 0 Å². The first-order valence-electron chi connectivity index (χ1n) is 5.00. The first-order chi connectivity index (χ1) is 6.95. The predicted molar refractivity (Wildman–Crippen MR) is 58.1 cm³/mol. The van der Waals surface area contributed by atoms with Gasteiger partial charge in [-0.3, -0.25) is 0 Å². The summed E-state index contributed by atoms with van der Waals surface area (Å²) in [5, 5.41) is 0. The molecule has 0 aliphatic heterocycles. The summed E-state index contributed by atoms with van der Waals surface area (Å²) >= 11 is 0. The highest BCUT2D eigenvalue weighted by Crippen LogP contribution is 2.18. The Morgan fingerprint density at radius 2 is 1.93 bits per heavy atom. The van der Waals surface area contributed by atoms with Crippen LogP contribution in [-0.4, -0.2) is 0 Å². The molecule has 2 rings (SSSR count). The van der Waals surface area contributed by atoms with Gasteiger partial charge in [0, 0.05) is 0 Å². The summed E-state index contributed by atoms with van der Waals surface area (Å²) in [6.45, 7) is 0. The number of hydrogen-bond acceptors (Lipinski definition) is 1. The van der Waals surface area contributed by atoms with Gasteiger partial charge in [-0.05, 0) is 37.0 Å². The Kier molecular flexibility index (Phi) is 3.02. The summed E-state index contributed by atoms with van der Waals surface area (Å²) < 4.78 is 5.55. The highest BCUT2D eigenvalue weighted by molar-refractivity contribution is 5.23. The zero-order valence-electron chi connectivity index (χ0n) is 8.15. The minimum Gasteiger partial charge on any atom is -0.465 e. The fourth-order valence-electron chi connectivity index (χ4n) is 1.48. The Morgan fingerprint density at radius 3 is 2.64 bits per heavy atom. The summed E-state index contributed by atoms with van der Waals surface area (Å²) in [7, 11) is 0. The van der Waals surface area contributed by atoms with Crippen molar-refractivity contribution >= 4 is 0 Å². The molecule has 1 aromatic carbocycles. The third kappa shape index (κ3) is 2.49. The lowest BCUT2D eigenvalue weighted by Gasteiger charge is -2.08. The van der Waals surface area contributed by atoms with Crippen molar-refractivity contribution in [1.82, 2.24) is 0 Å². The number of para-hydroxylation sites is 1. The van der Waals surface area contributed by atoms with Crippen LogP contribution in [-0.2, 0) is 0 Å². The largest absolute Gasteiger partial charge is 0.465 e. The van der Waals surface area contributed by atoms with E-state index in [0.717, 1.165) is 25.0 Å². The lowest BCUT2D eigenvalue weighted by molar-refractivity contribution is 0.471. The van der Waals surface area contributed by atoms with Crippen LogP contribution in [0, 0.1) is 0 Å². The Hall–Kier alpha value is -1.50. The quantitative estimate of drug-likeness (QED) is 0.505. The monoisotopic (exact) mass is 186 g/mol. The van der Waals surface area contributed by atoms with Gasteiger partial charge < -0.3 is 4.74 Å². The van der Waals surface area contributed by atoms with Gasteiger partial charge in [0.15, 0.2) is 0 Å². The molecule has 0 aromatic heterocycles. The van der Waals surface area contributed by atoms with Crippen LogP contribution in [0.2, 0.25) is 0 Å². The second kappa shape index (κ2) is 4.66. The zero-order valence-corrected chi connectivity index (χ0v) is 8.15. The van der Waals surface area contributed by atoms with Crippen LogP contribution in [0.5, 0.6) is 5.75 Å². The molecule has 0 radical (unpaired) electrons. The smallest absolute Gasteiger partial charge is 0.126 e. The van der Waals surface area contributed by atoms with Crippen LogP contribution in [0.3, 0.4) is 0 Å². The van der Waals surface area contributed by atoms with E-state index in [1.165, 1.54) is 5.57 Å². The van der Waals surface area contributed by atoms with Gasteiger partial charge in [0.1, 0.15) is 5.75 Å². The van der Waals surface area contributed by atoms with Crippen molar-refractivity contribution in [3.63, 3.8) is 0 Å². The van der Waals surface area contributed by atoms with Crippen LogP contribution >= 0.6 is 0 Å². The molecular formula is C13H14O. The maximum Gasteiger partial charge on any atom is 0.126 e. The van der Waals surface area contributed by atoms with E-state index in [1.807, 2.05) is 36.6 Å². The predicted octanol–water partition coefficient (Wildman–Crippen LogP) is 3.69. The number of ether oxygens (including phenoxy) is 1. The fourth-order valence-corrected chi connectivity index (χ4v) is 1.48. The Balaban J connectivity index is 1.96. The van der Waals surface area contributed by atoms with Gasteiger partial charge in [-0.2, -0.15) is 0 Å². The van der Waals surface area contributed by atoms with Crippen molar-refractivity contribution in [1.29, 1.82) is 0 Å². The molecule has 0 N–H and O–H groups in total. The second-order valence-corrected chi connectivity index (χ2v) is 3.42. The van der Waals surface area contributed by atoms with E-state index in [2.05, 4.69) is 12.2 Å². The molecule has 72 valence electrons. The molecule has 1 aromatic rings. The van der Waals surface area contributed by atoms with Gasteiger partial charge in [0.05, 0.1) is 6.26 Å². The molecule has 0 atom stereocenters. The molecule has 1 heteroatoms. The molecule has 1 aliphatic carbocycles. The molecule has 0 fully saturated rings. The highest BCUT2D eigenvalue weighted by Gasteiger charge is 1.99. The van der Waals surface area contributed by atoms with E-state index in [-0.39, 0.29) is 0 Å². The van der Waals surface area contributed by atoms with Gasteiger partial charge in [-0.25, -0.2) is 0 Å². The topological polar surface area (TPSA) is 9.23 Å². The molecule has 1 nitrogen and oxygen atoms in total. The second-order valence-electron chi connectivity index (χ2n) is 3.42. The Labute approximate surface area is 84.7 Å². The lowest BCUT2D eigenvalue weighted by atomic mass is 10.0. The maximum atomic E-state index is 5.55. The van der Waals surface area contributed by atoms with Crippen LogP contribution in [0.25, 0.3) is 0 Å². The zero-order chi connectivity index (χ0) is 9.64. The minimum absolute atomic E-state index is 0.912. The number of allylic oxidation sites excluding steroid dienone is 3. The normalized spacial score (nSPS) is 18.4. The van der Waals surface area contributed by atoms with E-state index in [0.29, 0.717) is 0 Å². The van der Waals surface area contributed by atoms with Gasteiger partial charge in [-0.15, -0.1) is 0 Å². The van der Waals surface area contributed by atoms with Crippen molar-refractivity contribution in [2.45, 2.75) is 19.3 Å². The van der Waals surface area contributed by atoms with E-state index in [4.69, 9.17) is 4.74 Å². The third-order valence-electron chi connectivity index (χ3n) is 2.28. The van der Waals surface area contributed by atoms with Crippen molar-refractivity contribution in [2.24, 2.45) is 0 Å². The molecule has 0 unspecified atom stereocenters.